The summed E-state index contributed by atoms with van der Waals surface area (Å²) in [5.41, 5.74) is 0. The zero-order valence-electron chi connectivity index (χ0n) is 5.76. The summed E-state index contributed by atoms with van der Waals surface area (Å²) in [6.07, 6.45) is -4.53. The molecule has 1 radical (unpaired) electrons. The Morgan fingerprint density at radius 3 is 1.18 bits per heavy atom. The van der Waals surface area contributed by atoms with Crippen molar-refractivity contribution in [2.24, 2.45) is 0 Å². The van der Waals surface area contributed by atoms with Crippen molar-refractivity contribution in [3.8, 4) is 0 Å². The van der Waals surface area contributed by atoms with Gasteiger partial charge in [0.25, 0.3) is 0 Å². The quantitative estimate of drug-likeness (QED) is 0.350. The van der Waals surface area contributed by atoms with Crippen molar-refractivity contribution in [2.45, 2.75) is 12.2 Å². The molecule has 0 aliphatic rings. The molecular formula is C4H6NaO6. The first-order valence-corrected chi connectivity index (χ1v) is 2.28. The van der Waals surface area contributed by atoms with Gasteiger partial charge in [0, 0.05) is 29.6 Å². The number of rotatable bonds is 3. The summed E-state index contributed by atoms with van der Waals surface area (Å²) in [7, 11) is 0. The summed E-state index contributed by atoms with van der Waals surface area (Å²) in [6.45, 7) is 0. The molecule has 0 bridgehead atoms. The smallest absolute Gasteiger partial charge is 0.335 e. The van der Waals surface area contributed by atoms with Gasteiger partial charge in [-0.2, -0.15) is 0 Å². The van der Waals surface area contributed by atoms with Gasteiger partial charge in [-0.3, -0.25) is 0 Å². The minimum atomic E-state index is -2.27. The van der Waals surface area contributed by atoms with Crippen molar-refractivity contribution >= 4 is 41.5 Å². The van der Waals surface area contributed by atoms with Gasteiger partial charge in [0.15, 0.2) is 12.2 Å². The molecule has 2 atom stereocenters. The van der Waals surface area contributed by atoms with Crippen LogP contribution in [0.1, 0.15) is 0 Å². The van der Waals surface area contributed by atoms with E-state index in [0.717, 1.165) is 0 Å². The number of carbonyl (C=O) groups is 2. The third kappa shape index (κ3) is 4.33. The van der Waals surface area contributed by atoms with Gasteiger partial charge >= 0.3 is 11.9 Å². The van der Waals surface area contributed by atoms with E-state index in [9.17, 15) is 9.59 Å². The van der Waals surface area contributed by atoms with Crippen molar-refractivity contribution in [1.82, 2.24) is 0 Å². The van der Waals surface area contributed by atoms with Crippen LogP contribution in [0.25, 0.3) is 0 Å². The number of carboxylic acids is 2. The van der Waals surface area contributed by atoms with E-state index in [-0.39, 0.29) is 29.6 Å². The average Bonchev–Trinajstić information content (AvgIpc) is 1.84. The molecule has 7 heteroatoms. The molecule has 11 heavy (non-hydrogen) atoms. The third-order valence-electron chi connectivity index (χ3n) is 0.805. The standard InChI is InChI=1S/C4H6O6.Na/c5-1(3(7)8)2(6)4(9)10;/h1-2,5-6H,(H,7,8)(H,9,10);. The van der Waals surface area contributed by atoms with E-state index in [4.69, 9.17) is 20.4 Å². The van der Waals surface area contributed by atoms with Gasteiger partial charge in [0.2, 0.25) is 0 Å². The maximum atomic E-state index is 9.77. The molecule has 0 spiro atoms. The topological polar surface area (TPSA) is 115 Å². The van der Waals surface area contributed by atoms with Gasteiger partial charge in [0.1, 0.15) is 0 Å². The van der Waals surface area contributed by atoms with E-state index in [1.165, 1.54) is 0 Å². The average molecular weight is 173 g/mol. The Labute approximate surface area is 83.7 Å². The maximum absolute atomic E-state index is 9.77. The van der Waals surface area contributed by atoms with Gasteiger partial charge in [-0.1, -0.05) is 0 Å². The van der Waals surface area contributed by atoms with Gasteiger partial charge < -0.3 is 20.4 Å². The zero-order valence-corrected chi connectivity index (χ0v) is 7.76. The minimum absolute atomic E-state index is 0. The van der Waals surface area contributed by atoms with Crippen molar-refractivity contribution in [1.29, 1.82) is 0 Å². The normalized spacial score (nSPS) is 14.4. The number of aliphatic hydroxyl groups excluding tert-OH is 2. The molecule has 59 valence electrons. The second kappa shape index (κ2) is 5.50. The zero-order chi connectivity index (χ0) is 8.31. The molecule has 4 N–H and O–H groups in total. The summed E-state index contributed by atoms with van der Waals surface area (Å²) >= 11 is 0. The first-order valence-electron chi connectivity index (χ1n) is 2.28. The molecule has 0 saturated heterocycles. The third-order valence-corrected chi connectivity index (χ3v) is 0.805. The molecule has 0 aromatic heterocycles. The van der Waals surface area contributed by atoms with Crippen LogP contribution in [0, 0.1) is 0 Å². The Kier molecular flexibility index (Phi) is 6.73. The van der Waals surface area contributed by atoms with E-state index < -0.39 is 24.1 Å². The first kappa shape index (κ1) is 13.4. The predicted octanol–water partition coefficient (Wildman–Crippen LogP) is -2.50. The van der Waals surface area contributed by atoms with E-state index in [0.29, 0.717) is 0 Å². The summed E-state index contributed by atoms with van der Waals surface area (Å²) in [5, 5.41) is 32.5. The Hall–Kier alpha value is -0.140. The minimum Gasteiger partial charge on any atom is -0.479 e. The number of carboxylic acid groups (broad SMARTS) is 2. The molecule has 0 saturated carbocycles. The fourth-order valence-electron chi connectivity index (χ4n) is 0.270. The van der Waals surface area contributed by atoms with E-state index in [1.807, 2.05) is 0 Å². The molecule has 6 nitrogen and oxygen atoms in total. The summed E-state index contributed by atoms with van der Waals surface area (Å²) in [5.74, 6) is -3.54. The molecular weight excluding hydrogens is 167 g/mol. The Morgan fingerprint density at radius 2 is 1.09 bits per heavy atom. The summed E-state index contributed by atoms with van der Waals surface area (Å²) in [4.78, 5) is 19.5. The van der Waals surface area contributed by atoms with Gasteiger partial charge in [0.05, 0.1) is 0 Å². The molecule has 0 aromatic rings. The summed E-state index contributed by atoms with van der Waals surface area (Å²) in [6, 6.07) is 0. The number of hydrogen-bond donors (Lipinski definition) is 4. The molecule has 0 fully saturated rings. The molecule has 2 unspecified atom stereocenters. The molecule has 0 aromatic carbocycles. The predicted molar refractivity (Wildman–Crippen MR) is 33.0 cm³/mol. The number of aliphatic carboxylic acids is 2. The van der Waals surface area contributed by atoms with Crippen LogP contribution in [-0.2, 0) is 9.59 Å². The second-order valence-electron chi connectivity index (χ2n) is 1.57. The molecule has 0 amide bonds. The van der Waals surface area contributed by atoms with Crippen LogP contribution in [0.2, 0.25) is 0 Å². The Morgan fingerprint density at radius 1 is 0.909 bits per heavy atom. The van der Waals surface area contributed by atoms with E-state index >= 15 is 0 Å². The molecule has 0 heterocycles. The first-order chi connectivity index (χ1) is 4.46. The van der Waals surface area contributed by atoms with Crippen LogP contribution in [-0.4, -0.2) is 74.1 Å². The monoisotopic (exact) mass is 173 g/mol. The Balaban J connectivity index is 0. The largest absolute Gasteiger partial charge is 0.479 e. The van der Waals surface area contributed by atoms with Crippen LogP contribution in [0.3, 0.4) is 0 Å². The van der Waals surface area contributed by atoms with Crippen molar-refractivity contribution in [3.05, 3.63) is 0 Å². The van der Waals surface area contributed by atoms with Gasteiger partial charge in [-0.25, -0.2) is 9.59 Å². The number of aliphatic hydroxyl groups is 2. The fourth-order valence-corrected chi connectivity index (χ4v) is 0.270. The number of hydrogen-bond acceptors (Lipinski definition) is 4. The molecule has 0 aliphatic carbocycles. The van der Waals surface area contributed by atoms with Crippen LogP contribution >= 0.6 is 0 Å². The van der Waals surface area contributed by atoms with Crippen molar-refractivity contribution < 1.29 is 30.0 Å². The SMILES string of the molecule is O=C(O)C(O)C(O)C(=O)O.[Na]. The molecule has 0 rings (SSSR count). The van der Waals surface area contributed by atoms with Gasteiger partial charge in [-0.05, 0) is 0 Å². The maximum Gasteiger partial charge on any atom is 0.335 e. The van der Waals surface area contributed by atoms with E-state index in [1.54, 1.807) is 0 Å². The molecule has 0 aliphatic heterocycles. The second-order valence-corrected chi connectivity index (χ2v) is 1.57. The van der Waals surface area contributed by atoms with Crippen LogP contribution in [0.5, 0.6) is 0 Å². The van der Waals surface area contributed by atoms with Crippen LogP contribution in [0.4, 0.5) is 0 Å². The summed E-state index contributed by atoms with van der Waals surface area (Å²) < 4.78 is 0. The van der Waals surface area contributed by atoms with Crippen LogP contribution < -0.4 is 0 Å². The van der Waals surface area contributed by atoms with Gasteiger partial charge in [-0.15, -0.1) is 0 Å². The van der Waals surface area contributed by atoms with Crippen molar-refractivity contribution in [3.63, 3.8) is 0 Å². The fraction of sp³-hybridized carbons (Fsp3) is 0.500. The van der Waals surface area contributed by atoms with Crippen molar-refractivity contribution in [2.75, 3.05) is 0 Å². The Bertz CT molecular complexity index is 139. The van der Waals surface area contributed by atoms with E-state index in [2.05, 4.69) is 0 Å². The van der Waals surface area contributed by atoms with Crippen LogP contribution in [0.15, 0.2) is 0 Å².